The van der Waals surface area contributed by atoms with Crippen LogP contribution in [0.15, 0.2) is 41.7 Å². The molecule has 0 unspecified atom stereocenters. The molecule has 0 N–H and O–H groups in total. The molecule has 4 nitrogen and oxygen atoms in total. The third-order valence-electron chi connectivity index (χ3n) is 3.05. The van der Waals surface area contributed by atoms with Gasteiger partial charge in [0.1, 0.15) is 5.76 Å². The van der Waals surface area contributed by atoms with Crippen molar-refractivity contribution in [3.05, 3.63) is 47.2 Å². The first-order chi connectivity index (χ1) is 9.69. The molecule has 8 heteroatoms. The zero-order valence-electron chi connectivity index (χ0n) is 11.2. The van der Waals surface area contributed by atoms with Gasteiger partial charge in [0.25, 0.3) is 0 Å². The predicted molar refractivity (Wildman–Crippen MR) is 70.5 cm³/mol. The molecule has 0 saturated heterocycles. The summed E-state index contributed by atoms with van der Waals surface area (Å²) in [4.78, 5) is 1.81. The number of rotatable bonds is 4. The smallest absolute Gasteiger partial charge is 0.379 e. The van der Waals surface area contributed by atoms with Crippen molar-refractivity contribution in [1.29, 1.82) is 0 Å². The van der Waals surface area contributed by atoms with Crippen LogP contribution < -0.4 is 0 Å². The van der Waals surface area contributed by atoms with Crippen LogP contribution in [0.4, 0.5) is 13.2 Å². The molecule has 0 amide bonds. The summed E-state index contributed by atoms with van der Waals surface area (Å²) in [5.74, 6) is -0.150. The number of hydrogen-bond donors (Lipinski definition) is 0. The van der Waals surface area contributed by atoms with E-state index in [4.69, 9.17) is 0 Å². The van der Waals surface area contributed by atoms with Crippen molar-refractivity contribution in [3.8, 4) is 0 Å². The SMILES string of the molecule is CC1=C(OS(=O)(=O)C(F)(F)F)CN(Cc2ccccc2)C1. The number of nitrogens with zero attached hydrogens (tertiary/aromatic N) is 1. The van der Waals surface area contributed by atoms with Crippen molar-refractivity contribution >= 4 is 10.1 Å². The van der Waals surface area contributed by atoms with Crippen LogP contribution in [0.1, 0.15) is 12.5 Å². The molecular formula is C13H14F3NO3S. The van der Waals surface area contributed by atoms with E-state index >= 15 is 0 Å². The molecule has 0 spiro atoms. The third kappa shape index (κ3) is 3.76. The van der Waals surface area contributed by atoms with E-state index in [1.165, 1.54) is 0 Å². The second kappa shape index (κ2) is 5.69. The summed E-state index contributed by atoms with van der Waals surface area (Å²) in [5, 5.41) is 0. The molecular weight excluding hydrogens is 307 g/mol. The van der Waals surface area contributed by atoms with Gasteiger partial charge in [0.05, 0.1) is 6.54 Å². The molecule has 0 aliphatic carbocycles. The highest BCUT2D eigenvalue weighted by Gasteiger charge is 2.49. The van der Waals surface area contributed by atoms with Crippen LogP contribution in [0.3, 0.4) is 0 Å². The molecule has 1 aliphatic rings. The molecule has 1 heterocycles. The van der Waals surface area contributed by atoms with Gasteiger partial charge in [-0.3, -0.25) is 4.90 Å². The highest BCUT2D eigenvalue weighted by molar-refractivity contribution is 7.87. The third-order valence-corrected chi connectivity index (χ3v) is 4.03. The van der Waals surface area contributed by atoms with E-state index in [-0.39, 0.29) is 12.3 Å². The van der Waals surface area contributed by atoms with Crippen molar-refractivity contribution in [2.24, 2.45) is 0 Å². The van der Waals surface area contributed by atoms with E-state index < -0.39 is 15.6 Å². The van der Waals surface area contributed by atoms with Gasteiger partial charge in [0, 0.05) is 13.1 Å². The van der Waals surface area contributed by atoms with Crippen molar-refractivity contribution < 1.29 is 25.8 Å². The lowest BCUT2D eigenvalue weighted by molar-refractivity contribution is -0.0523. The zero-order valence-corrected chi connectivity index (χ0v) is 12.0. The largest absolute Gasteiger partial charge is 0.534 e. The van der Waals surface area contributed by atoms with E-state index in [0.29, 0.717) is 18.7 Å². The highest BCUT2D eigenvalue weighted by atomic mass is 32.2. The summed E-state index contributed by atoms with van der Waals surface area (Å²) in [6.45, 7) is 2.48. The van der Waals surface area contributed by atoms with E-state index in [0.717, 1.165) is 5.56 Å². The molecule has 2 rings (SSSR count). The maximum atomic E-state index is 12.3. The van der Waals surface area contributed by atoms with Crippen LogP contribution in [0.5, 0.6) is 0 Å². The van der Waals surface area contributed by atoms with Crippen molar-refractivity contribution in [1.82, 2.24) is 4.90 Å². The predicted octanol–water partition coefficient (Wildman–Crippen LogP) is 2.64. The first-order valence-electron chi connectivity index (χ1n) is 6.15. The van der Waals surface area contributed by atoms with Gasteiger partial charge in [0.15, 0.2) is 0 Å². The molecule has 0 radical (unpaired) electrons. The van der Waals surface area contributed by atoms with Crippen LogP contribution in [0, 0.1) is 0 Å². The molecule has 0 atom stereocenters. The van der Waals surface area contributed by atoms with Gasteiger partial charge in [0.2, 0.25) is 0 Å². The normalized spacial score (nSPS) is 17.3. The average Bonchev–Trinajstić information content (AvgIpc) is 2.69. The number of alkyl halides is 3. The minimum absolute atomic E-state index is 0.0377. The second-order valence-corrected chi connectivity index (χ2v) is 6.36. The number of halogens is 3. The Labute approximate surface area is 120 Å². The quantitative estimate of drug-likeness (QED) is 0.632. The molecule has 0 fully saturated rings. The lowest BCUT2D eigenvalue weighted by Gasteiger charge is -2.16. The first kappa shape index (κ1) is 15.8. The summed E-state index contributed by atoms with van der Waals surface area (Å²) in [5.41, 5.74) is -3.93. The minimum atomic E-state index is -5.59. The van der Waals surface area contributed by atoms with Crippen LogP contribution >= 0.6 is 0 Å². The van der Waals surface area contributed by atoms with Gasteiger partial charge < -0.3 is 4.18 Å². The van der Waals surface area contributed by atoms with Gasteiger partial charge in [-0.25, -0.2) is 0 Å². The Morgan fingerprint density at radius 3 is 2.38 bits per heavy atom. The van der Waals surface area contributed by atoms with E-state index in [2.05, 4.69) is 4.18 Å². The summed E-state index contributed by atoms with van der Waals surface area (Å²) < 4.78 is 63.2. The number of hydrogen-bond acceptors (Lipinski definition) is 4. The van der Waals surface area contributed by atoms with Crippen molar-refractivity contribution in [3.63, 3.8) is 0 Å². The van der Waals surface area contributed by atoms with Crippen LogP contribution in [0.2, 0.25) is 0 Å². The van der Waals surface area contributed by atoms with Gasteiger partial charge in [-0.15, -0.1) is 0 Å². The van der Waals surface area contributed by atoms with E-state index in [1.54, 1.807) is 6.92 Å². The Bertz CT molecular complexity index is 638. The second-order valence-electron chi connectivity index (χ2n) is 4.82. The highest BCUT2D eigenvalue weighted by Crippen LogP contribution is 2.30. The lowest BCUT2D eigenvalue weighted by atomic mass is 10.2. The Balaban J connectivity index is 2.03. The fraction of sp³-hybridized carbons (Fsp3) is 0.385. The average molecular weight is 321 g/mol. The summed E-state index contributed by atoms with van der Waals surface area (Å²) >= 11 is 0. The molecule has 1 aliphatic heterocycles. The van der Waals surface area contributed by atoms with Gasteiger partial charge in [-0.2, -0.15) is 21.6 Å². The zero-order chi connectivity index (χ0) is 15.7. The fourth-order valence-corrected chi connectivity index (χ4v) is 2.60. The standard InChI is InChI=1S/C13H14F3NO3S/c1-10-7-17(8-11-5-3-2-4-6-11)9-12(10)20-21(18,19)13(14,15)16/h2-6H,7-9H2,1H3. The van der Waals surface area contributed by atoms with E-state index in [9.17, 15) is 21.6 Å². The molecule has 0 saturated carbocycles. The Morgan fingerprint density at radius 2 is 1.81 bits per heavy atom. The molecule has 116 valence electrons. The van der Waals surface area contributed by atoms with Crippen LogP contribution in [-0.4, -0.2) is 31.9 Å². The molecule has 0 bridgehead atoms. The Hall–Kier alpha value is -1.54. The Kier molecular flexibility index (Phi) is 4.29. The van der Waals surface area contributed by atoms with Gasteiger partial charge >= 0.3 is 15.6 Å². The lowest BCUT2D eigenvalue weighted by Crippen LogP contribution is -2.27. The van der Waals surface area contributed by atoms with Crippen molar-refractivity contribution in [2.75, 3.05) is 13.1 Å². The van der Waals surface area contributed by atoms with Crippen molar-refractivity contribution in [2.45, 2.75) is 19.0 Å². The van der Waals surface area contributed by atoms with Crippen LogP contribution in [0.25, 0.3) is 0 Å². The maximum absolute atomic E-state index is 12.3. The molecule has 0 aromatic heterocycles. The number of benzene rings is 1. The first-order valence-corrected chi connectivity index (χ1v) is 7.55. The van der Waals surface area contributed by atoms with Crippen LogP contribution in [-0.2, 0) is 20.8 Å². The fourth-order valence-electron chi connectivity index (χ4n) is 2.05. The molecule has 21 heavy (non-hydrogen) atoms. The molecule has 1 aromatic carbocycles. The Morgan fingerprint density at radius 1 is 1.19 bits per heavy atom. The summed E-state index contributed by atoms with van der Waals surface area (Å²) in [7, 11) is -5.59. The molecule has 1 aromatic rings. The minimum Gasteiger partial charge on any atom is -0.379 e. The maximum Gasteiger partial charge on any atom is 0.534 e. The van der Waals surface area contributed by atoms with Gasteiger partial charge in [-0.05, 0) is 18.1 Å². The van der Waals surface area contributed by atoms with Gasteiger partial charge in [-0.1, -0.05) is 30.3 Å². The summed E-state index contributed by atoms with van der Waals surface area (Å²) in [6, 6.07) is 9.36. The van der Waals surface area contributed by atoms with E-state index in [1.807, 2.05) is 35.2 Å². The topological polar surface area (TPSA) is 46.6 Å². The monoisotopic (exact) mass is 321 g/mol. The summed E-state index contributed by atoms with van der Waals surface area (Å²) in [6.07, 6.45) is 0.